The SMILES string of the molecule is [2H]c1c([2H])c(C(C)(C)C)c([2H])c([2H])c1-c1c([2H])c(C(C)(C)C)c([2H])c(-c2c([2H])c(C(C)(C)C)c([2H])c(C(C)(C)C)c2[2H])c1N1c2cc(-n3c4ccc(C(C)(C)C)cc4c4cc(C(C)(C)C)ccc43)ccc2B2c3ccc(-n4c5c([2H])c([2H])c([2H])c([2H])c5c5c([2H])c([2H])c([2H])c([2H])c54)cc3N(c3c(-c4c([2H])c([2H])c(C(C)(C)C)c([2H])c4[2H])c([2H])c(C(C)(C)C)c([2H])c3-c3c([2H])c(C(C)(C)C)c([2H])c(C(C)(C)C)c3[2H])c3cc(-c4cccc(C(C)(C)C)c4)cc1c32. The molecule has 0 amide bonds. The van der Waals surface area contributed by atoms with Gasteiger partial charge in [0.1, 0.15) is 0 Å². The summed E-state index contributed by atoms with van der Waals surface area (Å²) in [6.07, 6.45) is 0. The van der Waals surface area contributed by atoms with E-state index in [-0.39, 0.29) is 185 Å². The summed E-state index contributed by atoms with van der Waals surface area (Å²) in [5.41, 5.74) is -6.84. The molecule has 0 saturated heterocycles. The van der Waals surface area contributed by atoms with E-state index in [1.807, 2.05) is 163 Å². The quantitative estimate of drug-likeness (QED) is 0.134. The molecule has 0 N–H and O–H groups in total. The molecule has 0 unspecified atom stereocenters. The van der Waals surface area contributed by atoms with Crippen LogP contribution < -0.4 is 26.2 Å². The first-order valence-corrected chi connectivity index (χ1v) is 47.0. The van der Waals surface area contributed by atoms with Crippen molar-refractivity contribution in [3.05, 3.63) is 327 Å². The van der Waals surface area contributed by atoms with Crippen molar-refractivity contribution in [1.29, 1.82) is 0 Å². The summed E-state index contributed by atoms with van der Waals surface area (Å²) >= 11 is 0. The van der Waals surface area contributed by atoms with Gasteiger partial charge in [-0.05, 0) is 267 Å². The maximum Gasteiger partial charge on any atom is 0.252 e. The molecule has 0 spiro atoms. The first kappa shape index (κ1) is 65.1. The molecule has 0 fully saturated rings. The Bertz CT molecular complexity index is 8750. The molecule has 0 atom stereocenters. The lowest BCUT2D eigenvalue weighted by Crippen LogP contribution is -2.61. The number of anilines is 6. The van der Waals surface area contributed by atoms with Gasteiger partial charge in [-0.2, -0.15) is 0 Å². The lowest BCUT2D eigenvalue weighted by Gasteiger charge is -2.46. The summed E-state index contributed by atoms with van der Waals surface area (Å²) in [6, 6.07) is 22.2. The number of rotatable bonds is 9. The van der Waals surface area contributed by atoms with E-state index in [9.17, 15) is 35.6 Å². The third-order valence-corrected chi connectivity index (χ3v) is 26.3. The molecule has 2 aliphatic heterocycles. The van der Waals surface area contributed by atoms with Crippen LogP contribution >= 0.6 is 0 Å². The number of nitrogens with zero attached hydrogens (tertiary/aromatic N) is 4. The standard InChI is InChI=1S/C128H143BN4/c1-118(2,3)84-49-45-78(46-50-84)99-72-93(127(28,29)30)74-101(82-62-89(123(16,17)18)68-90(63-82)124(19,20)21)116(99)132-111-76-95(130-107-43-36-34-41-97(107)98-42-35-37-44-108(98)130)55-57-105(111)129-106-58-56-96(131-109-59-53-87(121(10,11)12)70-103(109)104-71-88(122(13,14)15)54-60-110(104)131)77-112(106)133(114-67-81(66-113(132)115(114)129)80-39-38-40-86(61-80)120(7,8)9)117-100(79-47-51-85(52-48-79)119(4,5)6)73-94(128(31,32)33)75-102(117)83-64-91(125(22,23)24)69-92(65-83)126(25,26)27/h34-77H,1-33H3/i34D,35D,36D,37D,41D,42D,43D,44D,45D,46D,47D,48D,49D,50D,51D,52D,62D,63D,64D,65D,68D,69D,72D,73D,74D,75D. The normalized spacial score (nSPS) is 16.6. The molecule has 14 aromatic carbocycles. The van der Waals surface area contributed by atoms with Gasteiger partial charge in [0, 0.05) is 77.9 Å². The summed E-state index contributed by atoms with van der Waals surface area (Å²) in [5, 5.41) is 1.24. The molecule has 2 aromatic heterocycles. The molecule has 678 valence electrons. The van der Waals surface area contributed by atoms with E-state index >= 15 is 0 Å². The molecule has 4 heterocycles. The van der Waals surface area contributed by atoms with Crippen LogP contribution in [-0.4, -0.2) is 15.8 Å². The molecule has 0 bridgehead atoms. The fraction of sp³-hybridized carbons (Fsp3) is 0.344. The van der Waals surface area contributed by atoms with Gasteiger partial charge in [0.2, 0.25) is 0 Å². The zero-order valence-electron chi connectivity index (χ0n) is 110. The van der Waals surface area contributed by atoms with Gasteiger partial charge in [-0.1, -0.05) is 398 Å². The molecular weight excluding hydrogens is 1600 g/mol. The molecule has 0 aliphatic carbocycles. The Morgan fingerprint density at radius 2 is 0.526 bits per heavy atom. The molecule has 0 radical (unpaired) electrons. The number of para-hydroxylation sites is 2. The van der Waals surface area contributed by atoms with Crippen LogP contribution in [0.4, 0.5) is 34.1 Å². The van der Waals surface area contributed by atoms with E-state index in [1.165, 1.54) is 4.57 Å². The highest BCUT2D eigenvalue weighted by atomic mass is 15.2. The maximum absolute atomic E-state index is 12.0. The molecule has 0 saturated carbocycles. The van der Waals surface area contributed by atoms with E-state index in [0.29, 0.717) is 22.3 Å². The Morgan fingerprint density at radius 1 is 0.218 bits per heavy atom. The topological polar surface area (TPSA) is 16.3 Å². The minimum Gasteiger partial charge on any atom is -0.310 e. The van der Waals surface area contributed by atoms with Crippen LogP contribution in [0.3, 0.4) is 0 Å². The van der Waals surface area contributed by atoms with Gasteiger partial charge >= 0.3 is 0 Å². The van der Waals surface area contributed by atoms with Crippen LogP contribution in [0, 0.1) is 0 Å². The van der Waals surface area contributed by atoms with Crippen molar-refractivity contribution < 1.29 is 35.6 Å². The number of hydrogen-bond donors (Lipinski definition) is 0. The van der Waals surface area contributed by atoms with E-state index in [1.54, 1.807) is 85.4 Å². The summed E-state index contributed by atoms with van der Waals surface area (Å²) < 4.78 is 283. The highest BCUT2D eigenvalue weighted by molar-refractivity contribution is 7.00. The molecule has 4 nitrogen and oxygen atoms in total. The monoisotopic (exact) mass is 1770 g/mol. The fourth-order valence-corrected chi connectivity index (χ4v) is 18.3. The zero-order chi connectivity index (χ0) is 118. The molecule has 5 heteroatoms. The third kappa shape index (κ3) is 16.6. The van der Waals surface area contributed by atoms with Crippen LogP contribution in [0.1, 0.15) is 325 Å². The average molecular weight is 1770 g/mol. The minimum absolute atomic E-state index is 0.000875. The summed E-state index contributed by atoms with van der Waals surface area (Å²) in [4.78, 5) is 3.59. The summed E-state index contributed by atoms with van der Waals surface area (Å²) in [6.45, 7) is 61.6. The highest BCUT2D eigenvalue weighted by Gasteiger charge is 2.47. The zero-order valence-corrected chi connectivity index (χ0v) is 84.3. The lowest BCUT2D eigenvalue weighted by atomic mass is 9.33. The second-order valence-electron chi connectivity index (χ2n) is 48.4. The Morgan fingerprint density at radius 3 is 0.865 bits per heavy atom. The van der Waals surface area contributed by atoms with Crippen LogP contribution in [0.25, 0.3) is 111 Å². The second-order valence-corrected chi connectivity index (χ2v) is 48.4. The summed E-state index contributed by atoms with van der Waals surface area (Å²) in [5.74, 6) is 0. The predicted molar refractivity (Wildman–Crippen MR) is 582 cm³/mol. The third-order valence-electron chi connectivity index (χ3n) is 26.3. The predicted octanol–water partition coefficient (Wildman–Crippen LogP) is 34.6. The van der Waals surface area contributed by atoms with Crippen molar-refractivity contribution in [1.82, 2.24) is 9.13 Å². The number of fused-ring (bicyclic) bond motifs is 10. The lowest BCUT2D eigenvalue weighted by molar-refractivity contribution is 0.568. The van der Waals surface area contributed by atoms with E-state index in [2.05, 4.69) is 103 Å². The molecule has 16 aromatic rings. The Labute approximate surface area is 834 Å². The molecule has 18 rings (SSSR count). The van der Waals surface area contributed by atoms with E-state index in [4.69, 9.17) is 0 Å². The minimum atomic E-state index is -1.36. The second kappa shape index (κ2) is 31.5. The summed E-state index contributed by atoms with van der Waals surface area (Å²) in [7, 11) is 0. The highest BCUT2D eigenvalue weighted by Crippen LogP contribution is 2.58. The van der Waals surface area contributed by atoms with Crippen molar-refractivity contribution >= 4 is 101 Å². The van der Waals surface area contributed by atoms with Gasteiger partial charge in [-0.25, -0.2) is 0 Å². The van der Waals surface area contributed by atoms with Crippen molar-refractivity contribution in [3.8, 4) is 67.0 Å². The Kier molecular flexibility index (Phi) is 15.4. The van der Waals surface area contributed by atoms with Crippen LogP contribution in [0.15, 0.2) is 266 Å². The smallest absolute Gasteiger partial charge is 0.252 e. The van der Waals surface area contributed by atoms with Gasteiger partial charge in [0.25, 0.3) is 6.71 Å². The van der Waals surface area contributed by atoms with Crippen molar-refractivity contribution in [2.24, 2.45) is 0 Å². The van der Waals surface area contributed by atoms with E-state index in [0.717, 1.165) is 38.5 Å². The van der Waals surface area contributed by atoms with Gasteiger partial charge in [0.05, 0.1) is 69.1 Å². The Balaban J connectivity index is 1.23. The van der Waals surface area contributed by atoms with E-state index < -0.39 is 200 Å². The first-order chi connectivity index (χ1) is 72.8. The Hall–Kier alpha value is -11.7. The number of hydrogen-bond acceptors (Lipinski definition) is 2. The van der Waals surface area contributed by atoms with Crippen LogP contribution in [0.2, 0.25) is 0 Å². The largest absolute Gasteiger partial charge is 0.310 e. The number of benzene rings is 14. The van der Waals surface area contributed by atoms with Gasteiger partial charge in [-0.15, -0.1) is 0 Å². The first-order valence-electron chi connectivity index (χ1n) is 60.0. The van der Waals surface area contributed by atoms with Gasteiger partial charge in [0.15, 0.2) is 0 Å². The fourth-order valence-electron chi connectivity index (χ4n) is 18.3. The van der Waals surface area contributed by atoms with Crippen molar-refractivity contribution in [2.45, 2.75) is 288 Å². The molecule has 2 aliphatic rings. The van der Waals surface area contributed by atoms with Crippen molar-refractivity contribution in [3.63, 3.8) is 0 Å². The van der Waals surface area contributed by atoms with Gasteiger partial charge < -0.3 is 18.9 Å². The van der Waals surface area contributed by atoms with Gasteiger partial charge in [-0.3, -0.25) is 0 Å². The average Bonchev–Trinajstić information content (AvgIpc) is 1.14. The molecular formula is C128H143BN4. The van der Waals surface area contributed by atoms with Crippen LogP contribution in [-0.2, 0) is 59.6 Å². The van der Waals surface area contributed by atoms with Crippen LogP contribution in [0.5, 0.6) is 0 Å². The van der Waals surface area contributed by atoms with Crippen molar-refractivity contribution in [2.75, 3.05) is 9.80 Å². The maximum atomic E-state index is 12.0. The number of aromatic nitrogens is 2. The molecule has 133 heavy (non-hydrogen) atoms.